The number of nitrogens with two attached hydrogens (primary N) is 1. The van der Waals surface area contributed by atoms with Gasteiger partial charge >= 0.3 is 0 Å². The van der Waals surface area contributed by atoms with E-state index in [0.29, 0.717) is 16.5 Å². The first kappa shape index (κ1) is 21.2. The molecule has 1 aromatic heterocycles. The number of anilines is 1. The molecule has 2 amide bonds. The number of pyridine rings is 1. The van der Waals surface area contributed by atoms with Gasteiger partial charge in [-0.25, -0.2) is 0 Å². The number of hydrogen-bond donors (Lipinski definition) is 2. The van der Waals surface area contributed by atoms with Gasteiger partial charge < -0.3 is 5.73 Å². The number of rotatable bonds is 2. The van der Waals surface area contributed by atoms with Gasteiger partial charge in [0.05, 0.1) is 27.3 Å². The molecule has 0 fully saturated rings. The highest BCUT2D eigenvalue weighted by Gasteiger charge is 2.49. The van der Waals surface area contributed by atoms with Crippen molar-refractivity contribution >= 4 is 39.2 Å². The Kier molecular flexibility index (Phi) is 4.28. The molecule has 31 heavy (non-hydrogen) atoms. The highest BCUT2D eigenvalue weighted by Crippen LogP contribution is 2.57. The number of hydrogen-bond acceptors (Lipinski definition) is 6. The number of nitrogen functional groups attached to an aromatic ring is 1. The summed E-state index contributed by atoms with van der Waals surface area (Å²) in [6, 6.07) is 1.03. The third kappa shape index (κ3) is 2.70. The average Bonchev–Trinajstić information content (AvgIpc) is 2.99. The molecule has 9 nitrogen and oxygen atoms in total. The number of halogens is 1. The van der Waals surface area contributed by atoms with E-state index in [4.69, 9.17) is 5.73 Å². The van der Waals surface area contributed by atoms with Crippen LogP contribution in [-0.4, -0.2) is 21.3 Å². The number of nitro groups is 1. The van der Waals surface area contributed by atoms with Crippen LogP contribution in [-0.2, 0) is 10.8 Å². The zero-order valence-electron chi connectivity index (χ0n) is 17.7. The summed E-state index contributed by atoms with van der Waals surface area (Å²) >= 11 is 3.60. The van der Waals surface area contributed by atoms with Gasteiger partial charge in [-0.05, 0) is 45.7 Å². The maximum absolute atomic E-state index is 13.0. The van der Waals surface area contributed by atoms with Crippen LogP contribution in [0.5, 0.6) is 0 Å². The molecular weight excluding hydrogens is 468 g/mol. The van der Waals surface area contributed by atoms with Crippen molar-refractivity contribution in [1.29, 1.82) is 0 Å². The summed E-state index contributed by atoms with van der Waals surface area (Å²) in [6.07, 6.45) is 0.670. The molecule has 4 rings (SSSR count). The monoisotopic (exact) mass is 488 g/mol. The van der Waals surface area contributed by atoms with Crippen molar-refractivity contribution in [1.82, 2.24) is 9.88 Å². The largest absolute Gasteiger partial charge is 0.384 e. The van der Waals surface area contributed by atoms with Crippen LogP contribution in [0.2, 0.25) is 0 Å². The fourth-order valence-corrected chi connectivity index (χ4v) is 6.60. The van der Waals surface area contributed by atoms with Crippen LogP contribution < -0.4 is 16.6 Å². The number of amides is 2. The van der Waals surface area contributed by atoms with E-state index in [0.717, 1.165) is 16.2 Å². The van der Waals surface area contributed by atoms with E-state index in [2.05, 4.69) is 21.2 Å². The Balaban J connectivity index is 2.21. The first-order chi connectivity index (χ1) is 14.2. The van der Waals surface area contributed by atoms with Crippen molar-refractivity contribution in [3.8, 4) is 5.69 Å². The number of imide groups is 1. The maximum atomic E-state index is 13.0. The number of carbonyl (C=O) groups excluding carboxylic acids is 2. The molecule has 1 aliphatic carbocycles. The van der Waals surface area contributed by atoms with Crippen molar-refractivity contribution in [2.75, 3.05) is 5.73 Å². The summed E-state index contributed by atoms with van der Waals surface area (Å²) in [5.74, 6) is -1.65. The van der Waals surface area contributed by atoms with Gasteiger partial charge in [0, 0.05) is 16.1 Å². The third-order valence-electron chi connectivity index (χ3n) is 6.22. The predicted molar refractivity (Wildman–Crippen MR) is 118 cm³/mol. The van der Waals surface area contributed by atoms with Gasteiger partial charge in [0.2, 0.25) is 0 Å². The van der Waals surface area contributed by atoms with Crippen LogP contribution in [0.3, 0.4) is 0 Å². The quantitative estimate of drug-likeness (QED) is 0.378. The fraction of sp³-hybridized carbons (Fsp3) is 0.381. The predicted octanol–water partition coefficient (Wildman–Crippen LogP) is 3.24. The molecule has 0 saturated heterocycles. The summed E-state index contributed by atoms with van der Waals surface area (Å²) < 4.78 is 1.59. The molecule has 0 unspecified atom stereocenters. The Morgan fingerprint density at radius 1 is 1.13 bits per heavy atom. The molecule has 0 bridgehead atoms. The van der Waals surface area contributed by atoms with Gasteiger partial charge in [0.1, 0.15) is 5.82 Å². The van der Waals surface area contributed by atoms with Crippen LogP contribution in [0.25, 0.3) is 5.69 Å². The summed E-state index contributed by atoms with van der Waals surface area (Å²) in [6.45, 7) is 9.48. The van der Waals surface area contributed by atoms with Gasteiger partial charge in [0.15, 0.2) is 0 Å². The van der Waals surface area contributed by atoms with Crippen LogP contribution in [0, 0.1) is 17.0 Å². The number of fused-ring (bicyclic) bond motifs is 2. The van der Waals surface area contributed by atoms with E-state index < -0.39 is 33.1 Å². The minimum Gasteiger partial charge on any atom is -0.384 e. The Labute approximate surface area is 185 Å². The molecule has 1 aliphatic heterocycles. The molecule has 10 heteroatoms. The molecule has 0 spiro atoms. The van der Waals surface area contributed by atoms with E-state index in [-0.39, 0.29) is 33.9 Å². The normalized spacial score (nSPS) is 18.0. The zero-order valence-corrected chi connectivity index (χ0v) is 19.3. The second-order valence-corrected chi connectivity index (χ2v) is 10.2. The van der Waals surface area contributed by atoms with Gasteiger partial charge in [-0.15, -0.1) is 0 Å². The number of aromatic nitrogens is 1. The lowest BCUT2D eigenvalue weighted by atomic mass is 9.81. The van der Waals surface area contributed by atoms with E-state index in [1.165, 1.54) is 0 Å². The van der Waals surface area contributed by atoms with E-state index in [1.54, 1.807) is 6.92 Å². The van der Waals surface area contributed by atoms with Gasteiger partial charge in [-0.2, -0.15) is 0 Å². The number of nitrogens with one attached hydrogen (secondary N) is 1. The van der Waals surface area contributed by atoms with Gasteiger partial charge in [0.25, 0.3) is 23.1 Å². The summed E-state index contributed by atoms with van der Waals surface area (Å²) in [4.78, 5) is 49.0. The Bertz CT molecular complexity index is 1310. The van der Waals surface area contributed by atoms with Crippen molar-refractivity contribution < 1.29 is 14.5 Å². The summed E-state index contributed by atoms with van der Waals surface area (Å²) in [5.41, 5.74) is 6.18. The van der Waals surface area contributed by atoms with Gasteiger partial charge in [-0.3, -0.25) is 34.4 Å². The second kappa shape index (κ2) is 6.25. The average molecular weight is 489 g/mol. The van der Waals surface area contributed by atoms with E-state index in [1.807, 2.05) is 27.7 Å². The standard InChI is InChI=1S/C21H21BrN4O5/c1-8-15(26(30)31)13-12(20(2,3)7-21(13,4)5)14(22)16(8)25-10(27)6-9-11(17(25)23)19(29)24-18(9)28/h6H,7,23H2,1-5H3,(H,24,28,29). The molecule has 2 aromatic rings. The zero-order chi connectivity index (χ0) is 23.2. The number of nitrogens with zero attached hydrogens (tertiary/aromatic N) is 2. The maximum Gasteiger partial charge on any atom is 0.278 e. The molecule has 0 saturated carbocycles. The molecule has 0 atom stereocenters. The minimum absolute atomic E-state index is 0.0731. The van der Waals surface area contributed by atoms with Crippen LogP contribution in [0.1, 0.15) is 71.5 Å². The first-order valence-corrected chi connectivity index (χ1v) is 10.4. The lowest BCUT2D eigenvalue weighted by Crippen LogP contribution is -2.26. The topological polar surface area (TPSA) is 137 Å². The number of benzene rings is 1. The van der Waals surface area contributed by atoms with Crippen molar-refractivity contribution in [3.63, 3.8) is 0 Å². The molecular formula is C21H21BrN4O5. The molecule has 2 aliphatic rings. The fourth-order valence-electron chi connectivity index (χ4n) is 5.39. The molecule has 162 valence electrons. The molecule has 2 heterocycles. The molecule has 1 aromatic carbocycles. The number of nitro benzene ring substituents is 1. The van der Waals surface area contributed by atoms with Crippen molar-refractivity contribution in [2.45, 2.75) is 51.9 Å². The highest BCUT2D eigenvalue weighted by molar-refractivity contribution is 9.10. The summed E-state index contributed by atoms with van der Waals surface area (Å²) in [5, 5.41) is 14.3. The van der Waals surface area contributed by atoms with Crippen molar-refractivity contribution in [2.24, 2.45) is 0 Å². The first-order valence-electron chi connectivity index (χ1n) is 9.63. The SMILES string of the molecule is Cc1c(-n2c(N)c3c(cc2=O)C(=O)NC3=O)c(Br)c2c(c1[N+](=O)[O-])C(C)(C)CC2(C)C. The number of carbonyl (C=O) groups is 2. The smallest absolute Gasteiger partial charge is 0.278 e. The van der Waals surface area contributed by atoms with E-state index >= 15 is 0 Å². The Morgan fingerprint density at radius 2 is 1.71 bits per heavy atom. The van der Waals surface area contributed by atoms with E-state index in [9.17, 15) is 24.5 Å². The van der Waals surface area contributed by atoms with Crippen LogP contribution in [0.4, 0.5) is 11.5 Å². The molecule has 0 radical (unpaired) electrons. The minimum atomic E-state index is -0.711. The van der Waals surface area contributed by atoms with Crippen LogP contribution in [0.15, 0.2) is 15.3 Å². The second-order valence-electron chi connectivity index (χ2n) is 9.36. The van der Waals surface area contributed by atoms with Gasteiger partial charge in [-0.1, -0.05) is 27.7 Å². The van der Waals surface area contributed by atoms with Crippen LogP contribution >= 0.6 is 15.9 Å². The molecule has 3 N–H and O–H groups in total. The summed E-state index contributed by atoms with van der Waals surface area (Å²) in [7, 11) is 0. The lowest BCUT2D eigenvalue weighted by molar-refractivity contribution is -0.386. The van der Waals surface area contributed by atoms with Crippen molar-refractivity contribution in [3.05, 3.63) is 58.8 Å². The lowest BCUT2D eigenvalue weighted by Gasteiger charge is -2.24. The Morgan fingerprint density at radius 3 is 2.29 bits per heavy atom. The Hall–Kier alpha value is -3.01. The third-order valence-corrected chi connectivity index (χ3v) is 6.99. The highest BCUT2D eigenvalue weighted by atomic mass is 79.9.